The van der Waals surface area contributed by atoms with Crippen molar-refractivity contribution in [1.82, 2.24) is 15.4 Å². The van der Waals surface area contributed by atoms with Crippen LogP contribution < -0.4 is 10.3 Å². The van der Waals surface area contributed by atoms with Gasteiger partial charge in [0.2, 0.25) is 5.90 Å². The minimum Gasteiger partial charge on any atom is -0.480 e. The molecule has 2 aromatic carbocycles. The quantitative estimate of drug-likeness (QED) is 0.568. The zero-order chi connectivity index (χ0) is 24.6. The van der Waals surface area contributed by atoms with Crippen molar-refractivity contribution in [2.24, 2.45) is 5.10 Å². The number of hydrogen-bond donors (Lipinski definition) is 2. The molecule has 5 rings (SSSR count). The Bertz CT molecular complexity index is 1330. The van der Waals surface area contributed by atoms with Crippen LogP contribution in [0.4, 0.5) is 10.1 Å². The molecule has 3 heterocycles. The molecule has 0 bridgehead atoms. The Kier molecular flexibility index (Phi) is 6.31. The average Bonchev–Trinajstić information content (AvgIpc) is 2.88. The van der Waals surface area contributed by atoms with E-state index in [1.54, 1.807) is 18.2 Å². The van der Waals surface area contributed by atoms with Crippen LogP contribution in [-0.2, 0) is 15.0 Å². The fourth-order valence-corrected chi connectivity index (χ4v) is 4.82. The molecule has 0 radical (unpaired) electrons. The summed E-state index contributed by atoms with van der Waals surface area (Å²) in [6.45, 7) is 3.87. The van der Waals surface area contributed by atoms with Gasteiger partial charge in [-0.2, -0.15) is 0 Å². The van der Waals surface area contributed by atoms with Crippen LogP contribution in [0.2, 0.25) is 5.02 Å². The number of nitrogens with one attached hydrogen (secondary N) is 1. The molecule has 0 aliphatic carbocycles. The first-order chi connectivity index (χ1) is 17.0. The molecule has 1 unspecified atom stereocenters. The van der Waals surface area contributed by atoms with Crippen molar-refractivity contribution >= 4 is 34.1 Å². The van der Waals surface area contributed by atoms with E-state index in [0.29, 0.717) is 41.3 Å². The molecule has 182 valence electrons. The molecular weight excluding hydrogens is 473 g/mol. The lowest BCUT2D eigenvalue weighted by molar-refractivity contribution is 0.0989. The van der Waals surface area contributed by atoms with Crippen molar-refractivity contribution in [1.29, 1.82) is 0 Å². The van der Waals surface area contributed by atoms with Crippen LogP contribution in [-0.4, -0.2) is 60.5 Å². The van der Waals surface area contributed by atoms with Crippen LogP contribution in [0.25, 0.3) is 22.2 Å². The zero-order valence-electron chi connectivity index (χ0n) is 19.3. The fraction of sp³-hybridized carbons (Fsp3) is 0.320. The predicted molar refractivity (Wildman–Crippen MR) is 133 cm³/mol. The largest absolute Gasteiger partial charge is 0.480 e. The van der Waals surface area contributed by atoms with E-state index in [9.17, 15) is 5.11 Å². The van der Waals surface area contributed by atoms with E-state index in [-0.39, 0.29) is 23.2 Å². The topological polar surface area (TPSA) is 92.1 Å². The Balaban J connectivity index is 1.59. The van der Waals surface area contributed by atoms with Crippen molar-refractivity contribution < 1.29 is 19.0 Å². The van der Waals surface area contributed by atoms with E-state index in [0.717, 1.165) is 12.2 Å². The molecule has 2 N–H and O–H groups in total. The van der Waals surface area contributed by atoms with Gasteiger partial charge in [0.25, 0.3) is 0 Å². The molecule has 8 nitrogen and oxygen atoms in total. The number of benzene rings is 2. The Morgan fingerprint density at radius 2 is 2.17 bits per heavy atom. The van der Waals surface area contributed by atoms with Crippen LogP contribution in [0.5, 0.6) is 0 Å². The summed E-state index contributed by atoms with van der Waals surface area (Å²) in [5, 5.41) is 15.2. The lowest BCUT2D eigenvalue weighted by Crippen LogP contribution is -2.44. The van der Waals surface area contributed by atoms with E-state index in [4.69, 9.17) is 21.1 Å². The maximum atomic E-state index is 15.3. The van der Waals surface area contributed by atoms with Crippen LogP contribution in [0.3, 0.4) is 0 Å². The highest BCUT2D eigenvalue weighted by molar-refractivity contribution is 6.31. The van der Waals surface area contributed by atoms with Crippen LogP contribution in [0.15, 0.2) is 53.9 Å². The van der Waals surface area contributed by atoms with E-state index < -0.39 is 11.4 Å². The summed E-state index contributed by atoms with van der Waals surface area (Å²) in [6, 6.07) is 8.95. The van der Waals surface area contributed by atoms with Gasteiger partial charge in [0, 0.05) is 45.9 Å². The second kappa shape index (κ2) is 9.41. The second-order valence-electron chi connectivity index (χ2n) is 8.58. The third-order valence-electron chi connectivity index (χ3n) is 6.45. The lowest BCUT2D eigenvalue weighted by atomic mass is 9.88. The first-order valence-electron chi connectivity index (χ1n) is 11.2. The molecule has 1 aromatic heterocycles. The molecule has 10 heteroatoms. The van der Waals surface area contributed by atoms with E-state index >= 15 is 4.39 Å². The number of aromatic nitrogens is 2. The van der Waals surface area contributed by atoms with E-state index in [1.165, 1.54) is 19.5 Å². The lowest BCUT2D eigenvalue weighted by Gasteiger charge is -2.35. The summed E-state index contributed by atoms with van der Waals surface area (Å²) >= 11 is 6.45. The molecule has 1 fully saturated rings. The molecule has 0 amide bonds. The summed E-state index contributed by atoms with van der Waals surface area (Å²) in [6.07, 6.45) is 4.74. The third kappa shape index (κ3) is 4.20. The summed E-state index contributed by atoms with van der Waals surface area (Å²) in [4.78, 5) is 11.1. The molecule has 0 saturated carbocycles. The van der Waals surface area contributed by atoms with E-state index in [2.05, 4.69) is 32.3 Å². The SMILES string of the molecule is COC1=NNC(CO)(c2cc(-c3ncnc4cc(N5CCOC[C@@H]5C)ccc34)c(F)cc2Cl)C=C1. The summed E-state index contributed by atoms with van der Waals surface area (Å²) in [5.41, 5.74) is 4.60. The molecule has 1 saturated heterocycles. The summed E-state index contributed by atoms with van der Waals surface area (Å²) < 4.78 is 25.9. The number of morpholine rings is 1. The van der Waals surface area contributed by atoms with Gasteiger partial charge in [-0.1, -0.05) is 11.6 Å². The number of halogens is 2. The normalized spacial score (nSPS) is 22.1. The van der Waals surface area contributed by atoms with Crippen molar-refractivity contribution in [2.45, 2.75) is 18.5 Å². The number of aliphatic hydroxyl groups is 1. The first-order valence-corrected chi connectivity index (χ1v) is 11.6. The van der Waals surface area contributed by atoms with Gasteiger partial charge in [0.1, 0.15) is 17.7 Å². The molecule has 2 atom stereocenters. The molecule has 35 heavy (non-hydrogen) atoms. The van der Waals surface area contributed by atoms with E-state index in [1.807, 2.05) is 18.2 Å². The monoisotopic (exact) mass is 497 g/mol. The minimum atomic E-state index is -1.15. The number of nitrogens with zero attached hydrogens (tertiary/aromatic N) is 4. The Hall–Kier alpha value is -3.27. The highest BCUT2D eigenvalue weighted by Gasteiger charge is 2.34. The summed E-state index contributed by atoms with van der Waals surface area (Å²) in [5.74, 6) is -0.182. The average molecular weight is 498 g/mol. The maximum Gasteiger partial charge on any atom is 0.230 e. The maximum absolute atomic E-state index is 15.3. The van der Waals surface area contributed by atoms with Crippen LogP contribution in [0.1, 0.15) is 12.5 Å². The Labute approximate surface area is 207 Å². The number of hydrogen-bond acceptors (Lipinski definition) is 8. The highest BCUT2D eigenvalue weighted by Crippen LogP contribution is 2.38. The third-order valence-corrected chi connectivity index (χ3v) is 6.76. The van der Waals surface area contributed by atoms with Crippen molar-refractivity contribution in [2.75, 3.05) is 38.4 Å². The van der Waals surface area contributed by atoms with Crippen molar-refractivity contribution in [3.63, 3.8) is 0 Å². The van der Waals surface area contributed by atoms with Crippen LogP contribution >= 0.6 is 11.6 Å². The van der Waals surface area contributed by atoms with Gasteiger partial charge in [0.15, 0.2) is 0 Å². The van der Waals surface area contributed by atoms with Gasteiger partial charge in [-0.15, -0.1) is 5.10 Å². The van der Waals surface area contributed by atoms with Crippen LogP contribution in [0, 0.1) is 5.82 Å². The Morgan fingerprint density at radius 3 is 2.89 bits per heavy atom. The Morgan fingerprint density at radius 1 is 1.31 bits per heavy atom. The molecule has 3 aromatic rings. The predicted octanol–water partition coefficient (Wildman–Crippen LogP) is 3.62. The van der Waals surface area contributed by atoms with Gasteiger partial charge in [-0.05, 0) is 43.3 Å². The van der Waals surface area contributed by atoms with Gasteiger partial charge in [-0.25, -0.2) is 14.4 Å². The number of anilines is 1. The number of ether oxygens (including phenoxy) is 2. The highest BCUT2D eigenvalue weighted by atomic mass is 35.5. The molecular formula is C25H25ClFN5O3. The van der Waals surface area contributed by atoms with Crippen molar-refractivity contribution in [3.05, 3.63) is 65.2 Å². The zero-order valence-corrected chi connectivity index (χ0v) is 20.1. The number of aliphatic hydroxyl groups excluding tert-OH is 1. The molecule has 2 aliphatic heterocycles. The number of methoxy groups -OCH3 is 1. The van der Waals surface area contributed by atoms with Gasteiger partial charge in [0.05, 0.1) is 38.1 Å². The standard InChI is InChI=1S/C25H25ClFN5O3/c1-15-12-35-8-7-32(15)16-3-4-17-22(9-16)28-14-29-24(17)18-10-19(20(26)11-21(18)27)25(13-33)6-5-23(34-2)30-31-25/h3-6,9-11,14-15,31,33H,7-8,12-13H2,1-2H3/t15-,25?/m0/s1. The summed E-state index contributed by atoms with van der Waals surface area (Å²) in [7, 11) is 1.49. The number of fused-ring (bicyclic) bond motifs is 1. The first kappa shape index (κ1) is 23.5. The van der Waals surface area contributed by atoms with Gasteiger partial charge >= 0.3 is 0 Å². The van der Waals surface area contributed by atoms with Gasteiger partial charge in [-0.3, -0.25) is 5.43 Å². The second-order valence-corrected chi connectivity index (χ2v) is 8.99. The molecule has 0 spiro atoms. The fourth-order valence-electron chi connectivity index (χ4n) is 4.50. The number of hydrazone groups is 1. The smallest absolute Gasteiger partial charge is 0.230 e. The van der Waals surface area contributed by atoms with Crippen molar-refractivity contribution in [3.8, 4) is 11.3 Å². The number of rotatable bonds is 4. The van der Waals surface area contributed by atoms with Gasteiger partial charge < -0.3 is 19.5 Å². The minimum absolute atomic E-state index is 0.149. The molecule has 2 aliphatic rings.